The van der Waals surface area contributed by atoms with Crippen molar-refractivity contribution in [2.45, 2.75) is 70.1 Å². The molecule has 1 saturated carbocycles. The zero-order valence-electron chi connectivity index (χ0n) is 25.1. The van der Waals surface area contributed by atoms with E-state index in [0.717, 1.165) is 42.5 Å². The molecule has 0 radical (unpaired) electrons. The monoisotopic (exact) mass is 590 g/mol. The lowest BCUT2D eigenvalue weighted by Gasteiger charge is -2.43. The first-order valence-electron chi connectivity index (χ1n) is 15.3. The predicted octanol–water partition coefficient (Wildman–Crippen LogP) is 3.90. The van der Waals surface area contributed by atoms with Crippen molar-refractivity contribution in [1.82, 2.24) is 9.91 Å². The van der Waals surface area contributed by atoms with Crippen molar-refractivity contribution >= 4 is 23.5 Å². The van der Waals surface area contributed by atoms with E-state index in [-0.39, 0.29) is 55.1 Å². The summed E-state index contributed by atoms with van der Waals surface area (Å²) in [6.07, 6.45) is 5.42. The molecule has 3 atom stereocenters. The van der Waals surface area contributed by atoms with Gasteiger partial charge in [0.15, 0.2) is 11.5 Å². The molecule has 2 amide bonds. The van der Waals surface area contributed by atoms with E-state index in [4.69, 9.17) is 25.0 Å². The fourth-order valence-electron chi connectivity index (χ4n) is 6.46. The maximum absolute atomic E-state index is 13.7. The Morgan fingerprint density at radius 1 is 0.953 bits per heavy atom. The third-order valence-corrected chi connectivity index (χ3v) is 8.90. The van der Waals surface area contributed by atoms with Crippen molar-refractivity contribution in [2.75, 3.05) is 27.3 Å². The topological polar surface area (TPSA) is 124 Å². The summed E-state index contributed by atoms with van der Waals surface area (Å²) in [5, 5.41) is 6.69. The SMILES string of the molecule is COc1ccc(C2=NN(C3CCN(C(=O)[C@@H](N)CCC(=O)OCc4ccccc4)CC3)C(=O)[C@@H]3CCCC[C@H]23)cc1OC. The molecule has 0 unspecified atom stereocenters. The summed E-state index contributed by atoms with van der Waals surface area (Å²) in [6, 6.07) is 14.4. The van der Waals surface area contributed by atoms with E-state index in [1.54, 1.807) is 24.1 Å². The maximum atomic E-state index is 13.7. The van der Waals surface area contributed by atoms with Crippen LogP contribution < -0.4 is 15.2 Å². The predicted molar refractivity (Wildman–Crippen MR) is 161 cm³/mol. The quantitative estimate of drug-likeness (QED) is 0.416. The number of hydrogen-bond acceptors (Lipinski definition) is 8. The first kappa shape index (κ1) is 30.5. The molecule has 2 fully saturated rings. The number of hydrogen-bond donors (Lipinski definition) is 1. The van der Waals surface area contributed by atoms with Crippen molar-refractivity contribution in [1.29, 1.82) is 0 Å². The number of rotatable bonds is 10. The average Bonchev–Trinajstić information content (AvgIpc) is 3.06. The van der Waals surface area contributed by atoms with Gasteiger partial charge in [-0.1, -0.05) is 43.2 Å². The first-order valence-corrected chi connectivity index (χ1v) is 15.3. The minimum Gasteiger partial charge on any atom is -0.493 e. The van der Waals surface area contributed by atoms with Gasteiger partial charge >= 0.3 is 5.97 Å². The number of benzene rings is 2. The molecule has 2 aromatic carbocycles. The van der Waals surface area contributed by atoms with E-state index in [0.29, 0.717) is 37.4 Å². The molecule has 0 aromatic heterocycles. The molecule has 10 heteroatoms. The van der Waals surface area contributed by atoms with Crippen molar-refractivity contribution in [3.63, 3.8) is 0 Å². The van der Waals surface area contributed by atoms with E-state index in [1.807, 2.05) is 48.5 Å². The number of carbonyl (C=O) groups excluding carboxylic acids is 3. The number of esters is 1. The number of hydrazone groups is 1. The van der Waals surface area contributed by atoms with Crippen LogP contribution in [0.25, 0.3) is 0 Å². The Kier molecular flexibility index (Phi) is 9.97. The lowest BCUT2D eigenvalue weighted by Crippen LogP contribution is -2.54. The molecular weight excluding hydrogens is 548 g/mol. The molecule has 2 heterocycles. The molecule has 5 rings (SSSR count). The van der Waals surface area contributed by atoms with Crippen molar-refractivity contribution in [3.8, 4) is 11.5 Å². The van der Waals surface area contributed by atoms with Crippen LogP contribution in [-0.2, 0) is 25.7 Å². The standard InChI is InChI=1S/C33H42N4O6/c1-41-28-14-12-23(20-29(28)42-2)31-25-10-6-7-11-26(25)32(39)37(35-31)24-16-18-36(19-17-24)33(40)27(34)13-15-30(38)43-21-22-8-4-3-5-9-22/h3-5,8-9,12,14,20,24-27H,6-7,10-11,13,15-19,21,34H2,1-2H3/t25-,26+,27-/m0/s1. The lowest BCUT2D eigenvalue weighted by atomic mass is 9.73. The van der Waals surface area contributed by atoms with Gasteiger partial charge in [-0.15, -0.1) is 0 Å². The Balaban J connectivity index is 1.20. The third kappa shape index (κ3) is 7.01. The molecule has 230 valence electrons. The molecule has 3 aliphatic rings. The summed E-state index contributed by atoms with van der Waals surface area (Å²) >= 11 is 0. The van der Waals surface area contributed by atoms with E-state index in [1.165, 1.54) is 0 Å². The third-order valence-electron chi connectivity index (χ3n) is 8.90. The van der Waals surface area contributed by atoms with Crippen LogP contribution in [0.4, 0.5) is 0 Å². The molecule has 10 nitrogen and oxygen atoms in total. The molecule has 2 aromatic rings. The van der Waals surface area contributed by atoms with Crippen LogP contribution in [0.5, 0.6) is 11.5 Å². The number of ether oxygens (including phenoxy) is 3. The van der Waals surface area contributed by atoms with Crippen LogP contribution >= 0.6 is 0 Å². The smallest absolute Gasteiger partial charge is 0.306 e. The average molecular weight is 591 g/mol. The number of fused-ring (bicyclic) bond motifs is 1. The van der Waals surface area contributed by atoms with Gasteiger partial charge in [0.05, 0.1) is 32.0 Å². The summed E-state index contributed by atoms with van der Waals surface area (Å²) in [5.41, 5.74) is 8.97. The van der Waals surface area contributed by atoms with Crippen molar-refractivity contribution in [2.24, 2.45) is 22.7 Å². The summed E-state index contributed by atoms with van der Waals surface area (Å²) in [6.45, 7) is 1.16. The molecule has 43 heavy (non-hydrogen) atoms. The Labute approximate surface area is 253 Å². The second-order valence-electron chi connectivity index (χ2n) is 11.6. The number of carbonyl (C=O) groups is 3. The molecular formula is C33H42N4O6. The second kappa shape index (κ2) is 14.0. The number of nitrogens with two attached hydrogens (primary N) is 1. The Morgan fingerprint density at radius 2 is 1.65 bits per heavy atom. The highest BCUT2D eigenvalue weighted by Gasteiger charge is 2.44. The van der Waals surface area contributed by atoms with Crippen LogP contribution in [0.2, 0.25) is 0 Å². The number of methoxy groups -OCH3 is 2. The maximum Gasteiger partial charge on any atom is 0.306 e. The minimum atomic E-state index is -0.782. The van der Waals surface area contributed by atoms with Crippen molar-refractivity contribution in [3.05, 3.63) is 59.7 Å². The van der Waals surface area contributed by atoms with Crippen LogP contribution in [0, 0.1) is 11.8 Å². The van der Waals surface area contributed by atoms with Gasteiger partial charge in [-0.25, -0.2) is 5.01 Å². The summed E-state index contributed by atoms with van der Waals surface area (Å²) in [5.74, 6) is 0.795. The van der Waals surface area contributed by atoms with Gasteiger partial charge in [0.1, 0.15) is 6.61 Å². The van der Waals surface area contributed by atoms with E-state index in [9.17, 15) is 14.4 Å². The Hall–Kier alpha value is -3.92. The summed E-state index contributed by atoms with van der Waals surface area (Å²) < 4.78 is 16.3. The molecule has 1 saturated heterocycles. The molecule has 1 aliphatic carbocycles. The second-order valence-corrected chi connectivity index (χ2v) is 11.6. The number of likely N-dealkylation sites (tertiary alicyclic amines) is 1. The summed E-state index contributed by atoms with van der Waals surface area (Å²) in [7, 11) is 3.22. The van der Waals surface area contributed by atoms with Gasteiger partial charge in [0, 0.05) is 36.9 Å². The highest BCUT2D eigenvalue weighted by atomic mass is 16.5. The normalized spacial score (nSPS) is 21.5. The Morgan fingerprint density at radius 3 is 2.35 bits per heavy atom. The van der Waals surface area contributed by atoms with Gasteiger partial charge in [-0.2, -0.15) is 5.10 Å². The van der Waals surface area contributed by atoms with Crippen molar-refractivity contribution < 1.29 is 28.6 Å². The van der Waals surface area contributed by atoms with E-state index < -0.39 is 6.04 Å². The van der Waals surface area contributed by atoms with E-state index in [2.05, 4.69) is 0 Å². The molecule has 2 aliphatic heterocycles. The minimum absolute atomic E-state index is 0.0781. The zero-order valence-corrected chi connectivity index (χ0v) is 25.1. The van der Waals surface area contributed by atoms with Gasteiger partial charge in [-0.3, -0.25) is 14.4 Å². The molecule has 0 spiro atoms. The van der Waals surface area contributed by atoms with Gasteiger partial charge < -0.3 is 24.8 Å². The first-order chi connectivity index (χ1) is 20.9. The number of amides is 2. The zero-order chi connectivity index (χ0) is 30.3. The van der Waals surface area contributed by atoms with Crippen LogP contribution in [0.1, 0.15) is 62.5 Å². The van der Waals surface area contributed by atoms with Gasteiger partial charge in [0.2, 0.25) is 11.8 Å². The fourth-order valence-corrected chi connectivity index (χ4v) is 6.46. The van der Waals surface area contributed by atoms with Crippen LogP contribution in [0.15, 0.2) is 53.6 Å². The molecule has 2 N–H and O–H groups in total. The molecule has 0 bridgehead atoms. The fraction of sp³-hybridized carbons (Fsp3) is 0.515. The largest absolute Gasteiger partial charge is 0.493 e. The lowest BCUT2D eigenvalue weighted by molar-refractivity contribution is -0.145. The number of piperidine rings is 1. The Bertz CT molecular complexity index is 1320. The van der Waals surface area contributed by atoms with Crippen LogP contribution in [-0.4, -0.2) is 72.8 Å². The van der Waals surface area contributed by atoms with Gasteiger partial charge in [-0.05, 0) is 55.9 Å². The van der Waals surface area contributed by atoms with Gasteiger partial charge in [0.25, 0.3) is 0 Å². The highest BCUT2D eigenvalue weighted by Crippen LogP contribution is 2.40. The van der Waals surface area contributed by atoms with E-state index >= 15 is 0 Å². The highest BCUT2D eigenvalue weighted by molar-refractivity contribution is 6.07. The van der Waals surface area contributed by atoms with Crippen LogP contribution in [0.3, 0.4) is 0 Å². The summed E-state index contributed by atoms with van der Waals surface area (Å²) in [4.78, 5) is 40.7. The number of nitrogens with zero attached hydrogens (tertiary/aromatic N) is 3.